The van der Waals surface area contributed by atoms with Crippen molar-refractivity contribution in [1.82, 2.24) is 9.80 Å². The Balaban J connectivity index is 1.37. The van der Waals surface area contributed by atoms with Crippen LogP contribution in [0.1, 0.15) is 24.8 Å². The van der Waals surface area contributed by atoms with E-state index in [0.29, 0.717) is 18.4 Å². The van der Waals surface area contributed by atoms with Gasteiger partial charge in [-0.25, -0.2) is 8.78 Å². The van der Waals surface area contributed by atoms with Gasteiger partial charge in [0.2, 0.25) is 5.91 Å². The van der Waals surface area contributed by atoms with Crippen LogP contribution in [-0.4, -0.2) is 61.1 Å². The first kappa shape index (κ1) is 24.1. The summed E-state index contributed by atoms with van der Waals surface area (Å²) in [7, 11) is 0. The minimum absolute atomic E-state index is 0.184. The van der Waals surface area contributed by atoms with Crippen molar-refractivity contribution in [2.24, 2.45) is 5.92 Å². The number of halogens is 3. The first-order chi connectivity index (χ1) is 16.0. The zero-order valence-electron chi connectivity index (χ0n) is 18.6. The molecular weight excluding hydrogens is 448 g/mol. The highest BCUT2D eigenvalue weighted by atomic mass is 35.5. The molecule has 2 heterocycles. The van der Waals surface area contributed by atoms with Crippen LogP contribution in [-0.2, 0) is 16.1 Å². The van der Waals surface area contributed by atoms with Crippen LogP contribution in [0.3, 0.4) is 0 Å². The lowest BCUT2D eigenvalue weighted by molar-refractivity contribution is -0.116. The van der Waals surface area contributed by atoms with Crippen molar-refractivity contribution in [3.05, 3.63) is 64.7 Å². The number of piperidine rings is 1. The monoisotopic (exact) mass is 477 g/mol. The predicted octanol–water partition coefficient (Wildman–Crippen LogP) is 4.56. The van der Waals surface area contributed by atoms with Gasteiger partial charge in [0, 0.05) is 55.4 Å². The number of amides is 1. The van der Waals surface area contributed by atoms with E-state index in [-0.39, 0.29) is 11.6 Å². The number of ether oxygens (including phenoxy) is 1. The Morgan fingerprint density at radius 2 is 1.82 bits per heavy atom. The van der Waals surface area contributed by atoms with Crippen molar-refractivity contribution in [2.75, 3.05) is 44.7 Å². The summed E-state index contributed by atoms with van der Waals surface area (Å²) < 4.78 is 32.1. The third kappa shape index (κ3) is 6.73. The molecule has 0 unspecified atom stereocenters. The summed E-state index contributed by atoms with van der Waals surface area (Å²) in [6.45, 7) is 6.08. The molecule has 2 aliphatic rings. The van der Waals surface area contributed by atoms with Crippen molar-refractivity contribution in [3.8, 4) is 0 Å². The van der Waals surface area contributed by atoms with Gasteiger partial charge in [0.1, 0.15) is 0 Å². The molecule has 8 heteroatoms. The third-order valence-corrected chi connectivity index (χ3v) is 6.81. The van der Waals surface area contributed by atoms with Crippen LogP contribution in [0, 0.1) is 17.6 Å². The Labute approximate surface area is 198 Å². The van der Waals surface area contributed by atoms with E-state index in [0.717, 1.165) is 75.9 Å². The zero-order valence-corrected chi connectivity index (χ0v) is 19.4. The lowest BCUT2D eigenvalue weighted by Gasteiger charge is -2.45. The number of anilines is 1. The quantitative estimate of drug-likeness (QED) is 0.635. The maximum Gasteiger partial charge on any atom is 0.224 e. The number of rotatable bonds is 7. The SMILES string of the molecule is O=C(CC[C@@H]1CN(Cc2ccc(Cl)cc2)CC[C@@H]1N1CCOCC1)Nc1ccc(F)c(F)c1. The second-order valence-electron chi connectivity index (χ2n) is 8.84. The Morgan fingerprint density at radius 1 is 1.06 bits per heavy atom. The van der Waals surface area contributed by atoms with Crippen LogP contribution in [0.4, 0.5) is 14.5 Å². The zero-order chi connectivity index (χ0) is 23.2. The van der Waals surface area contributed by atoms with E-state index in [1.807, 2.05) is 12.1 Å². The van der Waals surface area contributed by atoms with E-state index < -0.39 is 11.6 Å². The normalized spacial score (nSPS) is 22.3. The van der Waals surface area contributed by atoms with Crippen LogP contribution in [0.25, 0.3) is 0 Å². The number of hydrogen-bond donors (Lipinski definition) is 1. The Kier molecular flexibility index (Phi) is 8.30. The molecule has 0 aromatic heterocycles. The molecule has 33 heavy (non-hydrogen) atoms. The summed E-state index contributed by atoms with van der Waals surface area (Å²) in [5, 5.41) is 3.43. The first-order valence-electron chi connectivity index (χ1n) is 11.5. The number of nitrogens with one attached hydrogen (secondary N) is 1. The smallest absolute Gasteiger partial charge is 0.224 e. The van der Waals surface area contributed by atoms with Crippen LogP contribution in [0.15, 0.2) is 42.5 Å². The third-order valence-electron chi connectivity index (χ3n) is 6.56. The second kappa shape index (κ2) is 11.4. The average Bonchev–Trinajstić information content (AvgIpc) is 2.82. The van der Waals surface area contributed by atoms with Crippen LogP contribution < -0.4 is 5.32 Å². The van der Waals surface area contributed by atoms with Crippen molar-refractivity contribution < 1.29 is 18.3 Å². The fourth-order valence-corrected chi connectivity index (χ4v) is 5.00. The number of morpholine rings is 1. The molecule has 178 valence electrons. The summed E-state index contributed by atoms with van der Waals surface area (Å²) in [6, 6.07) is 11.8. The minimum atomic E-state index is -0.967. The van der Waals surface area contributed by atoms with Gasteiger partial charge in [-0.1, -0.05) is 23.7 Å². The van der Waals surface area contributed by atoms with Crippen LogP contribution in [0.2, 0.25) is 5.02 Å². The largest absolute Gasteiger partial charge is 0.379 e. The lowest BCUT2D eigenvalue weighted by atomic mass is 9.86. The van der Waals surface area contributed by atoms with Crippen LogP contribution >= 0.6 is 11.6 Å². The molecule has 1 N–H and O–H groups in total. The molecular formula is C25H30ClF2N3O2. The number of benzene rings is 2. The highest BCUT2D eigenvalue weighted by Gasteiger charge is 2.34. The number of carbonyl (C=O) groups is 1. The van der Waals surface area contributed by atoms with Crippen molar-refractivity contribution in [1.29, 1.82) is 0 Å². The van der Waals surface area contributed by atoms with E-state index in [4.69, 9.17) is 16.3 Å². The molecule has 2 aromatic carbocycles. The molecule has 4 rings (SSSR count). The summed E-state index contributed by atoms with van der Waals surface area (Å²) in [6.07, 6.45) is 2.11. The van der Waals surface area contributed by atoms with E-state index in [1.165, 1.54) is 11.6 Å². The summed E-state index contributed by atoms with van der Waals surface area (Å²) in [5.41, 5.74) is 1.50. The highest BCUT2D eigenvalue weighted by molar-refractivity contribution is 6.30. The van der Waals surface area contributed by atoms with E-state index in [9.17, 15) is 13.6 Å². The molecule has 0 saturated carbocycles. The molecule has 1 amide bonds. The number of nitrogens with zero attached hydrogens (tertiary/aromatic N) is 2. The van der Waals surface area contributed by atoms with Gasteiger partial charge in [0.25, 0.3) is 0 Å². The maximum atomic E-state index is 13.5. The number of likely N-dealkylation sites (tertiary alicyclic amines) is 1. The molecule has 2 aromatic rings. The maximum absolute atomic E-state index is 13.5. The lowest BCUT2D eigenvalue weighted by Crippen LogP contribution is -2.53. The Hall–Kier alpha value is -2.06. The predicted molar refractivity (Wildman–Crippen MR) is 125 cm³/mol. The summed E-state index contributed by atoms with van der Waals surface area (Å²) >= 11 is 6.02. The van der Waals surface area contributed by atoms with Gasteiger partial charge in [-0.2, -0.15) is 0 Å². The second-order valence-corrected chi connectivity index (χ2v) is 9.28. The topological polar surface area (TPSA) is 44.8 Å². The molecule has 2 atom stereocenters. The highest BCUT2D eigenvalue weighted by Crippen LogP contribution is 2.28. The van der Waals surface area contributed by atoms with E-state index in [2.05, 4.69) is 27.2 Å². The van der Waals surface area contributed by atoms with Gasteiger partial charge >= 0.3 is 0 Å². The Morgan fingerprint density at radius 3 is 2.55 bits per heavy atom. The van der Waals surface area contributed by atoms with Gasteiger partial charge in [0.15, 0.2) is 11.6 Å². The van der Waals surface area contributed by atoms with E-state index >= 15 is 0 Å². The first-order valence-corrected chi connectivity index (χ1v) is 11.9. The molecule has 2 saturated heterocycles. The van der Waals surface area contributed by atoms with Gasteiger partial charge < -0.3 is 10.1 Å². The number of carbonyl (C=O) groups excluding carboxylic acids is 1. The van der Waals surface area contributed by atoms with Crippen molar-refractivity contribution in [2.45, 2.75) is 31.8 Å². The molecule has 2 aliphatic heterocycles. The molecule has 5 nitrogen and oxygen atoms in total. The van der Waals surface area contributed by atoms with E-state index in [1.54, 1.807) is 0 Å². The minimum Gasteiger partial charge on any atom is -0.379 e. The van der Waals surface area contributed by atoms with Crippen molar-refractivity contribution in [3.63, 3.8) is 0 Å². The summed E-state index contributed by atoms with van der Waals surface area (Å²) in [5.74, 6) is -1.74. The fourth-order valence-electron chi connectivity index (χ4n) is 4.87. The molecule has 0 bridgehead atoms. The molecule has 2 fully saturated rings. The van der Waals surface area contributed by atoms with Gasteiger partial charge in [-0.15, -0.1) is 0 Å². The van der Waals surface area contributed by atoms with Crippen molar-refractivity contribution >= 4 is 23.2 Å². The standard InChI is InChI=1S/C25H30ClF2N3O2/c26-20-4-1-18(2-5-20)16-30-10-9-24(31-11-13-33-14-12-31)19(17-30)3-8-25(32)29-21-6-7-22(27)23(28)15-21/h1-2,4-7,15,19,24H,3,8-14,16-17H2,(H,29,32)/t19-,24+/m1/s1. The van der Waals surface area contributed by atoms with Gasteiger partial charge in [-0.05, 0) is 55.1 Å². The van der Waals surface area contributed by atoms with Gasteiger partial charge in [-0.3, -0.25) is 14.6 Å². The average molecular weight is 478 g/mol. The van der Waals surface area contributed by atoms with Crippen LogP contribution in [0.5, 0.6) is 0 Å². The summed E-state index contributed by atoms with van der Waals surface area (Å²) in [4.78, 5) is 17.5. The fraction of sp³-hybridized carbons (Fsp3) is 0.480. The molecule has 0 radical (unpaired) electrons. The molecule has 0 spiro atoms. The molecule has 0 aliphatic carbocycles. The number of hydrogen-bond acceptors (Lipinski definition) is 4. The Bertz CT molecular complexity index is 938. The van der Waals surface area contributed by atoms with Gasteiger partial charge in [0.05, 0.1) is 13.2 Å².